The average molecular weight is 339 g/mol. The van der Waals surface area contributed by atoms with Gasteiger partial charge in [0.1, 0.15) is 0 Å². The molecule has 120 valence electrons. The lowest BCUT2D eigenvalue weighted by atomic mass is 10.1. The Labute approximate surface area is 144 Å². The Kier molecular flexibility index (Phi) is 4.77. The Balaban J connectivity index is 1.68. The van der Waals surface area contributed by atoms with E-state index in [9.17, 15) is 9.59 Å². The molecule has 0 saturated carbocycles. The predicted molar refractivity (Wildman–Crippen MR) is 95.1 cm³/mol. The largest absolute Gasteiger partial charge is 0.348 e. The molecule has 0 aliphatic heterocycles. The topological polar surface area (TPSA) is 62.0 Å². The Bertz CT molecular complexity index is 917. The number of hydrogen-bond donors (Lipinski definition) is 2. The van der Waals surface area contributed by atoms with Crippen molar-refractivity contribution in [1.29, 1.82) is 0 Å². The molecule has 0 saturated heterocycles. The first-order valence-electron chi connectivity index (χ1n) is 7.45. The van der Waals surface area contributed by atoms with Crippen LogP contribution < -0.4 is 10.9 Å². The molecule has 2 N–H and O–H groups in total. The summed E-state index contributed by atoms with van der Waals surface area (Å²) in [6, 6.07) is 19.6. The van der Waals surface area contributed by atoms with Gasteiger partial charge < -0.3 is 10.3 Å². The van der Waals surface area contributed by atoms with E-state index in [4.69, 9.17) is 11.6 Å². The lowest BCUT2D eigenvalue weighted by Gasteiger charge is -2.08. The van der Waals surface area contributed by atoms with E-state index in [1.807, 2.05) is 30.3 Å². The zero-order chi connectivity index (χ0) is 16.9. The molecule has 0 fully saturated rings. The molecule has 0 bridgehead atoms. The van der Waals surface area contributed by atoms with Crippen LogP contribution in [0.15, 0.2) is 71.5 Å². The summed E-state index contributed by atoms with van der Waals surface area (Å²) in [7, 11) is 0. The summed E-state index contributed by atoms with van der Waals surface area (Å²) < 4.78 is 0. The molecule has 5 heteroatoms. The Morgan fingerprint density at radius 2 is 1.71 bits per heavy atom. The molecule has 0 aliphatic rings. The number of halogens is 1. The van der Waals surface area contributed by atoms with Crippen LogP contribution in [0.1, 0.15) is 15.9 Å². The third-order valence-electron chi connectivity index (χ3n) is 3.60. The van der Waals surface area contributed by atoms with Gasteiger partial charge in [-0.3, -0.25) is 9.59 Å². The third kappa shape index (κ3) is 3.73. The highest BCUT2D eigenvalue weighted by Gasteiger charge is 2.08. The molecule has 3 rings (SSSR count). The van der Waals surface area contributed by atoms with Gasteiger partial charge in [-0.05, 0) is 29.3 Å². The van der Waals surface area contributed by atoms with E-state index in [0.29, 0.717) is 17.1 Å². The van der Waals surface area contributed by atoms with Gasteiger partial charge in [0.2, 0.25) is 5.56 Å². The summed E-state index contributed by atoms with van der Waals surface area (Å²) in [4.78, 5) is 26.3. The van der Waals surface area contributed by atoms with Gasteiger partial charge in [-0.2, -0.15) is 0 Å². The smallest absolute Gasteiger partial charge is 0.253 e. The van der Waals surface area contributed by atoms with Crippen molar-refractivity contribution in [1.82, 2.24) is 10.3 Å². The molecule has 1 heterocycles. The van der Waals surface area contributed by atoms with Gasteiger partial charge in [-0.25, -0.2) is 0 Å². The number of nitrogens with one attached hydrogen (secondary N) is 2. The predicted octanol–water partition coefficient (Wildman–Crippen LogP) is 3.63. The minimum Gasteiger partial charge on any atom is -0.348 e. The molecular weight excluding hydrogens is 324 g/mol. The molecule has 3 aromatic rings. The number of H-pyrrole nitrogens is 1. The number of pyridine rings is 1. The van der Waals surface area contributed by atoms with Crippen molar-refractivity contribution in [3.63, 3.8) is 0 Å². The van der Waals surface area contributed by atoms with Gasteiger partial charge in [0.15, 0.2) is 0 Å². The van der Waals surface area contributed by atoms with Crippen LogP contribution in [-0.2, 0) is 6.54 Å². The number of carbonyl (C=O) groups is 1. The van der Waals surface area contributed by atoms with Gasteiger partial charge in [-0.1, -0.05) is 54.1 Å². The molecule has 0 radical (unpaired) electrons. The lowest BCUT2D eigenvalue weighted by molar-refractivity contribution is 0.0951. The number of aromatic amines is 1. The van der Waals surface area contributed by atoms with Crippen molar-refractivity contribution >= 4 is 17.5 Å². The van der Waals surface area contributed by atoms with Crippen LogP contribution in [0.5, 0.6) is 0 Å². The standard InChI is InChI=1S/C19H15ClN2O2/c20-16-5-2-1-4-15(16)19(24)21-12-13-8-10-14(11-9-13)17-6-3-7-18(23)22-17/h1-11H,12H2,(H,21,24)(H,22,23). The summed E-state index contributed by atoms with van der Waals surface area (Å²) in [6.45, 7) is 0.398. The van der Waals surface area contributed by atoms with E-state index >= 15 is 0 Å². The van der Waals surface area contributed by atoms with E-state index in [-0.39, 0.29) is 11.5 Å². The highest BCUT2D eigenvalue weighted by Crippen LogP contribution is 2.17. The second-order valence-electron chi connectivity index (χ2n) is 5.29. The minimum atomic E-state index is -0.211. The van der Waals surface area contributed by atoms with Crippen molar-refractivity contribution in [3.05, 3.63) is 93.2 Å². The average Bonchev–Trinajstić information content (AvgIpc) is 2.60. The first-order chi connectivity index (χ1) is 11.6. The fourth-order valence-electron chi connectivity index (χ4n) is 2.34. The quantitative estimate of drug-likeness (QED) is 0.763. The normalized spacial score (nSPS) is 10.4. The van der Waals surface area contributed by atoms with E-state index in [0.717, 1.165) is 16.8 Å². The van der Waals surface area contributed by atoms with Crippen molar-refractivity contribution in [3.8, 4) is 11.3 Å². The molecule has 0 spiro atoms. The van der Waals surface area contributed by atoms with Gasteiger partial charge in [0.25, 0.3) is 5.91 Å². The highest BCUT2D eigenvalue weighted by atomic mass is 35.5. The van der Waals surface area contributed by atoms with Crippen LogP contribution in [0, 0.1) is 0 Å². The van der Waals surface area contributed by atoms with Crippen molar-refractivity contribution in [2.75, 3.05) is 0 Å². The summed E-state index contributed by atoms with van der Waals surface area (Å²) in [5.74, 6) is -0.211. The SMILES string of the molecule is O=C(NCc1ccc(-c2cccc(=O)[nH]2)cc1)c1ccccc1Cl. The second kappa shape index (κ2) is 7.15. The number of amides is 1. The third-order valence-corrected chi connectivity index (χ3v) is 3.93. The first kappa shape index (κ1) is 16.0. The lowest BCUT2D eigenvalue weighted by Crippen LogP contribution is -2.23. The molecule has 1 aromatic heterocycles. The van der Waals surface area contributed by atoms with Crippen molar-refractivity contribution in [2.24, 2.45) is 0 Å². The zero-order valence-corrected chi connectivity index (χ0v) is 13.5. The molecule has 0 aliphatic carbocycles. The van der Waals surface area contributed by atoms with E-state index in [1.165, 1.54) is 6.07 Å². The van der Waals surface area contributed by atoms with Crippen molar-refractivity contribution in [2.45, 2.75) is 6.54 Å². The molecule has 0 atom stereocenters. The number of carbonyl (C=O) groups excluding carboxylic acids is 1. The van der Waals surface area contributed by atoms with Crippen molar-refractivity contribution < 1.29 is 4.79 Å². The van der Waals surface area contributed by atoms with Crippen LogP contribution in [0.4, 0.5) is 0 Å². The van der Waals surface area contributed by atoms with Crippen LogP contribution >= 0.6 is 11.6 Å². The summed E-state index contributed by atoms with van der Waals surface area (Å²) in [6.07, 6.45) is 0. The highest BCUT2D eigenvalue weighted by molar-refractivity contribution is 6.33. The number of rotatable bonds is 4. The molecule has 1 amide bonds. The zero-order valence-electron chi connectivity index (χ0n) is 12.8. The molecule has 0 unspecified atom stereocenters. The Morgan fingerprint density at radius 3 is 2.42 bits per heavy atom. The molecule has 24 heavy (non-hydrogen) atoms. The number of benzene rings is 2. The number of aromatic nitrogens is 1. The summed E-state index contributed by atoms with van der Waals surface area (Å²) >= 11 is 6.01. The van der Waals surface area contributed by atoms with E-state index in [1.54, 1.807) is 30.3 Å². The Hall–Kier alpha value is -2.85. The maximum Gasteiger partial charge on any atom is 0.253 e. The maximum absolute atomic E-state index is 12.1. The molecule has 2 aromatic carbocycles. The fourth-order valence-corrected chi connectivity index (χ4v) is 2.56. The molecular formula is C19H15ClN2O2. The van der Waals surface area contributed by atoms with E-state index in [2.05, 4.69) is 10.3 Å². The van der Waals surface area contributed by atoms with Crippen LogP contribution in [0.3, 0.4) is 0 Å². The minimum absolute atomic E-state index is 0.136. The van der Waals surface area contributed by atoms with Gasteiger partial charge in [0.05, 0.1) is 10.6 Å². The maximum atomic E-state index is 12.1. The Morgan fingerprint density at radius 1 is 0.958 bits per heavy atom. The van der Waals surface area contributed by atoms with Crippen LogP contribution in [0.2, 0.25) is 5.02 Å². The second-order valence-corrected chi connectivity index (χ2v) is 5.70. The summed E-state index contributed by atoms with van der Waals surface area (Å²) in [5, 5.41) is 3.27. The van der Waals surface area contributed by atoms with Gasteiger partial charge >= 0.3 is 0 Å². The monoisotopic (exact) mass is 338 g/mol. The van der Waals surface area contributed by atoms with Gasteiger partial charge in [0, 0.05) is 18.3 Å². The van der Waals surface area contributed by atoms with E-state index < -0.39 is 0 Å². The molecule has 4 nitrogen and oxygen atoms in total. The van der Waals surface area contributed by atoms with Crippen LogP contribution in [-0.4, -0.2) is 10.9 Å². The van der Waals surface area contributed by atoms with Crippen LogP contribution in [0.25, 0.3) is 11.3 Å². The summed E-state index contributed by atoms with van der Waals surface area (Å²) in [5.41, 5.74) is 2.95. The van der Waals surface area contributed by atoms with Gasteiger partial charge in [-0.15, -0.1) is 0 Å². The first-order valence-corrected chi connectivity index (χ1v) is 7.83. The fraction of sp³-hybridized carbons (Fsp3) is 0.0526. The number of hydrogen-bond acceptors (Lipinski definition) is 2.